The van der Waals surface area contributed by atoms with E-state index in [1.807, 2.05) is 26.8 Å². The molecule has 1 aliphatic carbocycles. The number of nitrogens with zero attached hydrogens (tertiary/aromatic N) is 1. The molecule has 4 rings (SSSR count). The lowest BCUT2D eigenvalue weighted by atomic mass is 9.89. The molecule has 0 radical (unpaired) electrons. The summed E-state index contributed by atoms with van der Waals surface area (Å²) in [5.74, 6) is 1.07. The van der Waals surface area contributed by atoms with Crippen molar-refractivity contribution in [3.05, 3.63) is 45.8 Å². The molecule has 2 heterocycles. The van der Waals surface area contributed by atoms with E-state index in [9.17, 15) is 4.79 Å². The molecule has 1 unspecified atom stereocenters. The molecule has 1 aliphatic rings. The fourth-order valence-corrected chi connectivity index (χ4v) is 3.85. The normalized spacial score (nSPS) is 16.9. The smallest absolute Gasteiger partial charge is 0.294 e. The van der Waals surface area contributed by atoms with Gasteiger partial charge in [-0.2, -0.15) is 0 Å². The molecular formula is C20H22N2O3. The number of carbonyl (C=O) groups is 1. The average molecular weight is 338 g/mol. The topological polar surface area (TPSA) is 68.3 Å². The van der Waals surface area contributed by atoms with E-state index in [4.69, 9.17) is 8.94 Å². The van der Waals surface area contributed by atoms with Gasteiger partial charge in [-0.05, 0) is 63.1 Å². The second-order valence-corrected chi connectivity index (χ2v) is 7.25. The number of aromatic nitrogens is 1. The van der Waals surface area contributed by atoms with Crippen LogP contribution in [0.15, 0.2) is 21.1 Å². The minimum atomic E-state index is -0.289. The van der Waals surface area contributed by atoms with Gasteiger partial charge in [0.15, 0.2) is 5.76 Å². The number of nitrogens with one attached hydrogen (secondary N) is 1. The van der Waals surface area contributed by atoms with Crippen molar-refractivity contribution in [2.24, 2.45) is 5.92 Å². The molecule has 3 aromatic rings. The molecule has 5 nitrogen and oxygen atoms in total. The number of amides is 1. The van der Waals surface area contributed by atoms with Crippen molar-refractivity contribution in [2.75, 3.05) is 5.32 Å². The van der Waals surface area contributed by atoms with Crippen molar-refractivity contribution in [3.63, 3.8) is 0 Å². The third kappa shape index (κ3) is 2.64. The van der Waals surface area contributed by atoms with Gasteiger partial charge in [0, 0.05) is 16.5 Å². The molecule has 0 spiro atoms. The van der Waals surface area contributed by atoms with Crippen LogP contribution in [0.25, 0.3) is 11.0 Å². The van der Waals surface area contributed by atoms with Crippen LogP contribution in [0, 0.1) is 26.7 Å². The quantitative estimate of drug-likeness (QED) is 0.734. The molecule has 130 valence electrons. The highest BCUT2D eigenvalue weighted by Crippen LogP contribution is 2.33. The molecule has 1 aromatic carbocycles. The Morgan fingerprint density at radius 2 is 2.08 bits per heavy atom. The van der Waals surface area contributed by atoms with Crippen LogP contribution in [-0.4, -0.2) is 11.1 Å². The van der Waals surface area contributed by atoms with Gasteiger partial charge in [0.1, 0.15) is 5.58 Å². The number of hydrogen-bond donors (Lipinski definition) is 1. The molecular weight excluding hydrogens is 316 g/mol. The Balaban J connectivity index is 1.69. The van der Waals surface area contributed by atoms with Gasteiger partial charge in [-0.25, -0.2) is 0 Å². The van der Waals surface area contributed by atoms with E-state index >= 15 is 0 Å². The zero-order valence-electron chi connectivity index (χ0n) is 15.0. The van der Waals surface area contributed by atoms with Crippen molar-refractivity contribution >= 4 is 22.8 Å². The molecule has 1 atom stereocenters. The standard InChI is InChI=1S/C20H22N2O3/c1-10-5-6-15-14(8-10)20(25-22-15)21-19(23)18-13(4)17-12(3)7-11(2)9-16(17)24-18/h7,9-10H,5-6,8H2,1-4H3,(H,21,23). The van der Waals surface area contributed by atoms with Gasteiger partial charge >= 0.3 is 0 Å². The summed E-state index contributed by atoms with van der Waals surface area (Å²) in [7, 11) is 0. The molecule has 0 aliphatic heterocycles. The van der Waals surface area contributed by atoms with E-state index < -0.39 is 0 Å². The zero-order chi connectivity index (χ0) is 17.7. The summed E-state index contributed by atoms with van der Waals surface area (Å²) in [4.78, 5) is 12.8. The third-order valence-corrected chi connectivity index (χ3v) is 5.10. The lowest BCUT2D eigenvalue weighted by Crippen LogP contribution is -2.16. The van der Waals surface area contributed by atoms with Crippen LogP contribution >= 0.6 is 0 Å². The molecule has 1 N–H and O–H groups in total. The van der Waals surface area contributed by atoms with Gasteiger partial charge < -0.3 is 8.94 Å². The molecule has 5 heteroatoms. The van der Waals surface area contributed by atoms with Crippen molar-refractivity contribution in [3.8, 4) is 0 Å². The maximum absolute atomic E-state index is 12.8. The Bertz CT molecular complexity index is 981. The maximum atomic E-state index is 12.8. The van der Waals surface area contributed by atoms with Crippen LogP contribution in [0.3, 0.4) is 0 Å². The summed E-state index contributed by atoms with van der Waals surface area (Å²) in [6, 6.07) is 4.06. The fourth-order valence-electron chi connectivity index (χ4n) is 3.85. The largest absolute Gasteiger partial charge is 0.451 e. The molecule has 0 fully saturated rings. The summed E-state index contributed by atoms with van der Waals surface area (Å²) in [6.07, 6.45) is 2.89. The minimum Gasteiger partial charge on any atom is -0.451 e. The highest BCUT2D eigenvalue weighted by molar-refractivity contribution is 6.06. The van der Waals surface area contributed by atoms with Crippen molar-refractivity contribution in [1.29, 1.82) is 0 Å². The molecule has 0 saturated carbocycles. The second kappa shape index (κ2) is 5.76. The van der Waals surface area contributed by atoms with Gasteiger partial charge in [-0.1, -0.05) is 18.1 Å². The van der Waals surface area contributed by atoms with Crippen LogP contribution < -0.4 is 5.32 Å². The molecule has 2 aromatic heterocycles. The van der Waals surface area contributed by atoms with Crippen molar-refractivity contribution in [2.45, 2.75) is 47.0 Å². The number of fused-ring (bicyclic) bond motifs is 2. The number of anilines is 1. The van der Waals surface area contributed by atoms with Crippen LogP contribution in [-0.2, 0) is 12.8 Å². The number of carbonyl (C=O) groups excluding carboxylic acids is 1. The van der Waals surface area contributed by atoms with E-state index in [0.29, 0.717) is 17.6 Å². The van der Waals surface area contributed by atoms with Crippen molar-refractivity contribution in [1.82, 2.24) is 5.16 Å². The number of rotatable bonds is 2. The average Bonchev–Trinajstić information content (AvgIpc) is 3.08. The van der Waals surface area contributed by atoms with Gasteiger partial charge in [0.05, 0.1) is 5.69 Å². The third-order valence-electron chi connectivity index (χ3n) is 5.10. The molecule has 0 bridgehead atoms. The van der Waals surface area contributed by atoms with Gasteiger partial charge in [0.25, 0.3) is 5.91 Å². The SMILES string of the molecule is Cc1cc(C)c2c(C)c(C(=O)Nc3onc4c3CC(C)CC4)oc2c1. The molecule has 25 heavy (non-hydrogen) atoms. The first-order chi connectivity index (χ1) is 11.9. The van der Waals surface area contributed by atoms with Crippen LogP contribution in [0.5, 0.6) is 0 Å². The van der Waals surface area contributed by atoms with Gasteiger partial charge in [-0.15, -0.1) is 0 Å². The number of furan rings is 1. The van der Waals surface area contributed by atoms with E-state index in [1.54, 1.807) is 0 Å². The van der Waals surface area contributed by atoms with E-state index in [0.717, 1.165) is 58.2 Å². The lowest BCUT2D eigenvalue weighted by Gasteiger charge is -2.16. The fraction of sp³-hybridized carbons (Fsp3) is 0.400. The monoisotopic (exact) mass is 338 g/mol. The molecule has 1 amide bonds. The Labute approximate surface area is 146 Å². The second-order valence-electron chi connectivity index (χ2n) is 7.25. The Hall–Kier alpha value is -2.56. The van der Waals surface area contributed by atoms with Crippen molar-refractivity contribution < 1.29 is 13.7 Å². The van der Waals surface area contributed by atoms with Crippen LogP contribution in [0.1, 0.15) is 51.8 Å². The zero-order valence-corrected chi connectivity index (χ0v) is 15.0. The summed E-state index contributed by atoms with van der Waals surface area (Å²) in [5, 5.41) is 7.97. The first-order valence-corrected chi connectivity index (χ1v) is 8.73. The Morgan fingerprint density at radius 3 is 2.88 bits per heavy atom. The number of hydrogen-bond acceptors (Lipinski definition) is 4. The van der Waals surface area contributed by atoms with Gasteiger partial charge in [0.2, 0.25) is 5.88 Å². The Morgan fingerprint density at radius 1 is 1.28 bits per heavy atom. The predicted molar refractivity (Wildman–Crippen MR) is 96.1 cm³/mol. The molecule has 0 saturated heterocycles. The van der Waals surface area contributed by atoms with E-state index in [-0.39, 0.29) is 5.91 Å². The highest BCUT2D eigenvalue weighted by atomic mass is 16.5. The highest BCUT2D eigenvalue weighted by Gasteiger charge is 2.26. The van der Waals surface area contributed by atoms with Gasteiger partial charge in [-0.3, -0.25) is 10.1 Å². The number of benzene rings is 1. The summed E-state index contributed by atoms with van der Waals surface area (Å²) < 4.78 is 11.3. The summed E-state index contributed by atoms with van der Waals surface area (Å²) >= 11 is 0. The maximum Gasteiger partial charge on any atom is 0.294 e. The Kier molecular flexibility index (Phi) is 3.67. The minimum absolute atomic E-state index is 0.289. The van der Waals surface area contributed by atoms with Crippen LogP contribution in [0.4, 0.5) is 5.88 Å². The van der Waals surface area contributed by atoms with E-state index in [1.165, 1.54) is 0 Å². The summed E-state index contributed by atoms with van der Waals surface area (Å²) in [5.41, 5.74) is 5.80. The predicted octanol–water partition coefficient (Wildman–Crippen LogP) is 4.72. The van der Waals surface area contributed by atoms with Crippen LogP contribution in [0.2, 0.25) is 0 Å². The van der Waals surface area contributed by atoms with E-state index in [2.05, 4.69) is 23.5 Å². The summed E-state index contributed by atoms with van der Waals surface area (Å²) in [6.45, 7) is 8.18. The first kappa shape index (κ1) is 15.9. The number of aryl methyl sites for hydroxylation is 4. The first-order valence-electron chi connectivity index (χ1n) is 8.73. The lowest BCUT2D eigenvalue weighted by molar-refractivity contribution is 0.0994.